The highest BCUT2D eigenvalue weighted by atomic mass is 19.1. The van der Waals surface area contributed by atoms with E-state index < -0.39 is 5.82 Å². The minimum Gasteiger partial charge on any atom is -0.310 e. The van der Waals surface area contributed by atoms with Crippen LogP contribution in [0.2, 0.25) is 0 Å². The fraction of sp³-hybridized carbons (Fsp3) is 0.125. The number of nitrogens with zero attached hydrogens (tertiary/aromatic N) is 3. The van der Waals surface area contributed by atoms with Crippen LogP contribution >= 0.6 is 0 Å². The molecule has 4 nitrogen and oxygen atoms in total. The lowest BCUT2D eigenvalue weighted by Crippen LogP contribution is -1.95. The number of halogens is 1. The number of carbonyl (C=O) groups is 1. The first-order chi connectivity index (χ1) is 6.22. The summed E-state index contributed by atoms with van der Waals surface area (Å²) in [6.07, 6.45) is 1.71. The van der Waals surface area contributed by atoms with Crippen LogP contribution in [0, 0.1) is 5.82 Å². The molecule has 13 heavy (non-hydrogen) atoms. The van der Waals surface area contributed by atoms with E-state index in [1.807, 2.05) is 0 Å². The normalized spacial score (nSPS) is 10.6. The molecule has 0 unspecified atom stereocenters. The predicted molar refractivity (Wildman–Crippen MR) is 43.9 cm³/mol. The summed E-state index contributed by atoms with van der Waals surface area (Å²) in [6.45, 7) is 0. The average molecular weight is 179 g/mol. The third-order valence-electron chi connectivity index (χ3n) is 1.82. The maximum Gasteiger partial charge on any atom is 0.185 e. The monoisotopic (exact) mass is 179 g/mol. The van der Waals surface area contributed by atoms with Crippen LogP contribution in [0.4, 0.5) is 4.39 Å². The van der Waals surface area contributed by atoms with Crippen molar-refractivity contribution in [1.82, 2.24) is 14.5 Å². The smallest absolute Gasteiger partial charge is 0.185 e. The SMILES string of the molecule is Cn1c(C=O)nc2cc(F)cnc21. The van der Waals surface area contributed by atoms with Crippen LogP contribution in [-0.4, -0.2) is 20.8 Å². The first-order valence-electron chi connectivity index (χ1n) is 3.65. The zero-order chi connectivity index (χ0) is 9.42. The predicted octanol–water partition coefficient (Wildman–Crippen LogP) is 0.920. The van der Waals surface area contributed by atoms with Crippen LogP contribution in [-0.2, 0) is 7.05 Å². The molecule has 0 saturated carbocycles. The summed E-state index contributed by atoms with van der Waals surface area (Å²) in [7, 11) is 1.66. The molecule has 0 atom stereocenters. The van der Waals surface area contributed by atoms with Gasteiger partial charge in [-0.3, -0.25) is 4.79 Å². The van der Waals surface area contributed by atoms with Gasteiger partial charge in [-0.1, -0.05) is 0 Å². The number of aromatic nitrogens is 3. The van der Waals surface area contributed by atoms with Crippen molar-refractivity contribution in [3.63, 3.8) is 0 Å². The van der Waals surface area contributed by atoms with Crippen LogP contribution in [0.1, 0.15) is 10.6 Å². The van der Waals surface area contributed by atoms with E-state index in [1.165, 1.54) is 10.6 Å². The maximum atomic E-state index is 12.7. The van der Waals surface area contributed by atoms with Crippen LogP contribution in [0.25, 0.3) is 11.2 Å². The number of fused-ring (bicyclic) bond motifs is 1. The van der Waals surface area contributed by atoms with E-state index >= 15 is 0 Å². The first kappa shape index (κ1) is 7.85. The molecule has 0 aliphatic carbocycles. The number of hydrogen-bond donors (Lipinski definition) is 0. The summed E-state index contributed by atoms with van der Waals surface area (Å²) in [6, 6.07) is 1.25. The van der Waals surface area contributed by atoms with Crippen molar-refractivity contribution in [2.24, 2.45) is 7.05 Å². The molecule has 0 fully saturated rings. The van der Waals surface area contributed by atoms with Gasteiger partial charge >= 0.3 is 0 Å². The van der Waals surface area contributed by atoms with Crippen LogP contribution in [0.15, 0.2) is 12.3 Å². The first-order valence-corrected chi connectivity index (χ1v) is 3.65. The molecular weight excluding hydrogens is 173 g/mol. The Morgan fingerprint density at radius 2 is 2.38 bits per heavy atom. The third-order valence-corrected chi connectivity index (χ3v) is 1.82. The van der Waals surface area contributed by atoms with E-state index in [0.29, 0.717) is 17.5 Å². The van der Waals surface area contributed by atoms with Crippen LogP contribution < -0.4 is 0 Å². The summed E-state index contributed by atoms with van der Waals surface area (Å²) in [4.78, 5) is 18.2. The van der Waals surface area contributed by atoms with Gasteiger partial charge in [0.2, 0.25) is 0 Å². The highest BCUT2D eigenvalue weighted by Gasteiger charge is 2.07. The van der Waals surface area contributed by atoms with Crippen LogP contribution in [0.3, 0.4) is 0 Å². The number of hydrogen-bond acceptors (Lipinski definition) is 3. The second-order valence-electron chi connectivity index (χ2n) is 2.64. The van der Waals surface area contributed by atoms with Crippen molar-refractivity contribution < 1.29 is 9.18 Å². The molecule has 0 radical (unpaired) electrons. The highest BCUT2D eigenvalue weighted by molar-refractivity contribution is 5.80. The minimum atomic E-state index is -0.456. The van der Waals surface area contributed by atoms with E-state index in [1.54, 1.807) is 7.05 Å². The van der Waals surface area contributed by atoms with E-state index in [4.69, 9.17) is 0 Å². The fourth-order valence-corrected chi connectivity index (χ4v) is 1.17. The molecule has 0 bridgehead atoms. The number of carbonyl (C=O) groups excluding carboxylic acids is 1. The number of aryl methyl sites for hydroxylation is 1. The summed E-state index contributed by atoms with van der Waals surface area (Å²) in [5.41, 5.74) is 0.896. The minimum absolute atomic E-state index is 0.244. The Morgan fingerprint density at radius 1 is 1.62 bits per heavy atom. The quantitative estimate of drug-likeness (QED) is 0.611. The zero-order valence-corrected chi connectivity index (χ0v) is 6.86. The summed E-state index contributed by atoms with van der Waals surface area (Å²) in [5, 5.41) is 0. The molecule has 0 aromatic carbocycles. The van der Waals surface area contributed by atoms with Crippen molar-refractivity contribution in [3.05, 3.63) is 23.9 Å². The van der Waals surface area contributed by atoms with Crippen molar-refractivity contribution in [2.45, 2.75) is 0 Å². The van der Waals surface area contributed by atoms with Gasteiger partial charge < -0.3 is 4.57 Å². The molecule has 2 heterocycles. The lowest BCUT2D eigenvalue weighted by atomic mass is 10.4. The molecule has 5 heteroatoms. The molecule has 66 valence electrons. The standard InChI is InChI=1S/C8H6FN3O/c1-12-7(4-13)11-6-2-5(9)3-10-8(6)12/h2-4H,1H3. The van der Waals surface area contributed by atoms with Crippen molar-refractivity contribution >= 4 is 17.5 Å². The summed E-state index contributed by atoms with van der Waals surface area (Å²) >= 11 is 0. The van der Waals surface area contributed by atoms with Crippen molar-refractivity contribution in [2.75, 3.05) is 0 Å². The lowest BCUT2D eigenvalue weighted by molar-refractivity contribution is 0.111. The molecule has 0 N–H and O–H groups in total. The number of imidazole rings is 1. The Labute approximate surface area is 73.0 Å². The Kier molecular flexibility index (Phi) is 1.58. The lowest BCUT2D eigenvalue weighted by Gasteiger charge is -1.93. The van der Waals surface area contributed by atoms with Gasteiger partial charge in [-0.15, -0.1) is 0 Å². The maximum absolute atomic E-state index is 12.7. The van der Waals surface area contributed by atoms with Gasteiger partial charge in [-0.2, -0.15) is 0 Å². The van der Waals surface area contributed by atoms with Gasteiger partial charge in [0, 0.05) is 13.1 Å². The van der Waals surface area contributed by atoms with Crippen LogP contribution in [0.5, 0.6) is 0 Å². The molecule has 0 amide bonds. The molecule has 2 aromatic heterocycles. The zero-order valence-electron chi connectivity index (χ0n) is 6.86. The van der Waals surface area contributed by atoms with Gasteiger partial charge in [0.1, 0.15) is 11.3 Å². The number of rotatable bonds is 1. The van der Waals surface area contributed by atoms with E-state index in [9.17, 15) is 9.18 Å². The molecule has 0 saturated heterocycles. The van der Waals surface area contributed by atoms with E-state index in [-0.39, 0.29) is 5.82 Å². The Hall–Kier alpha value is -1.78. The summed E-state index contributed by atoms with van der Waals surface area (Å²) in [5.74, 6) is -0.212. The third kappa shape index (κ3) is 1.09. The average Bonchev–Trinajstić information content (AvgIpc) is 2.42. The second kappa shape index (κ2) is 2.62. The van der Waals surface area contributed by atoms with Crippen molar-refractivity contribution in [1.29, 1.82) is 0 Å². The molecule has 2 aromatic rings. The number of pyridine rings is 1. The fourth-order valence-electron chi connectivity index (χ4n) is 1.17. The molecular formula is C8H6FN3O. The van der Waals surface area contributed by atoms with Gasteiger partial charge in [0.05, 0.1) is 6.20 Å². The van der Waals surface area contributed by atoms with Gasteiger partial charge in [-0.05, 0) is 0 Å². The van der Waals surface area contributed by atoms with E-state index in [2.05, 4.69) is 9.97 Å². The van der Waals surface area contributed by atoms with Crippen molar-refractivity contribution in [3.8, 4) is 0 Å². The topological polar surface area (TPSA) is 47.8 Å². The van der Waals surface area contributed by atoms with Gasteiger partial charge in [0.25, 0.3) is 0 Å². The van der Waals surface area contributed by atoms with E-state index in [0.717, 1.165) is 6.20 Å². The Morgan fingerprint density at radius 3 is 3.08 bits per heavy atom. The molecule has 0 spiro atoms. The van der Waals surface area contributed by atoms with Gasteiger partial charge in [0.15, 0.2) is 17.8 Å². The number of aldehydes is 1. The summed E-state index contributed by atoms with van der Waals surface area (Å²) < 4.78 is 14.2. The Bertz CT molecular complexity index is 477. The molecule has 0 aliphatic heterocycles. The molecule has 2 rings (SSSR count). The van der Waals surface area contributed by atoms with Gasteiger partial charge in [-0.25, -0.2) is 14.4 Å². The highest BCUT2D eigenvalue weighted by Crippen LogP contribution is 2.11. The second-order valence-corrected chi connectivity index (χ2v) is 2.64. The Balaban J connectivity index is 2.83. The molecule has 0 aliphatic rings. The largest absolute Gasteiger partial charge is 0.310 e.